The molecular weight excluding hydrogens is 344 g/mol. The van der Waals surface area contributed by atoms with E-state index in [0.717, 1.165) is 5.56 Å². The second-order valence-electron chi connectivity index (χ2n) is 7.70. The molecule has 2 aromatic carbocycles. The maximum atomic E-state index is 12.6. The number of cyclic esters (lactones) is 1. The molecule has 2 heterocycles. The van der Waals surface area contributed by atoms with Gasteiger partial charge in [0.05, 0.1) is 5.56 Å². The van der Waals surface area contributed by atoms with Crippen LogP contribution in [0.25, 0.3) is 11.1 Å². The highest BCUT2D eigenvalue weighted by Gasteiger charge is 2.31. The van der Waals surface area contributed by atoms with E-state index in [-0.39, 0.29) is 11.3 Å². The minimum atomic E-state index is -0.856. The third-order valence-corrected chi connectivity index (χ3v) is 4.48. The first-order chi connectivity index (χ1) is 12.8. The number of rotatable bonds is 2. The third-order valence-electron chi connectivity index (χ3n) is 4.48. The molecule has 4 rings (SSSR count). The maximum absolute atomic E-state index is 12.6. The molecule has 27 heavy (non-hydrogen) atoms. The average Bonchev–Trinajstić information content (AvgIpc) is 3.05. The molecule has 0 bridgehead atoms. The standard InChI is InChI=1S/C21H20N2O4/c1-21(2,3)20-23-15-11-13(8-9-16(15)27-20)22-18(24)17-10-12-6-4-5-7-14(12)19(25)26-17/h4-9,11,17H,10H2,1-3H3,(H,22,24)/t17-/m0/s1. The van der Waals surface area contributed by atoms with Crippen LogP contribution in [0.2, 0.25) is 0 Å². The second-order valence-corrected chi connectivity index (χ2v) is 7.70. The first-order valence-corrected chi connectivity index (χ1v) is 8.82. The Balaban J connectivity index is 1.54. The molecule has 0 spiro atoms. The topological polar surface area (TPSA) is 81.4 Å². The number of carbonyl (C=O) groups excluding carboxylic acids is 2. The largest absolute Gasteiger partial charge is 0.448 e. The molecule has 1 N–H and O–H groups in total. The lowest BCUT2D eigenvalue weighted by molar-refractivity contribution is -0.125. The van der Waals surface area contributed by atoms with Crippen LogP contribution in [0.4, 0.5) is 5.69 Å². The minimum Gasteiger partial charge on any atom is -0.448 e. The fourth-order valence-electron chi connectivity index (χ4n) is 3.03. The van der Waals surface area contributed by atoms with Crippen LogP contribution in [0.3, 0.4) is 0 Å². The number of hydrogen-bond acceptors (Lipinski definition) is 5. The maximum Gasteiger partial charge on any atom is 0.339 e. The molecule has 0 aliphatic carbocycles. The van der Waals surface area contributed by atoms with Crippen LogP contribution in [-0.4, -0.2) is 23.0 Å². The lowest BCUT2D eigenvalue weighted by Gasteiger charge is -2.23. The summed E-state index contributed by atoms with van der Waals surface area (Å²) < 4.78 is 11.1. The van der Waals surface area contributed by atoms with Crippen molar-refractivity contribution in [3.05, 3.63) is 59.5 Å². The number of benzene rings is 2. The molecule has 1 amide bonds. The molecule has 6 nitrogen and oxygen atoms in total. The Hall–Kier alpha value is -3.15. The summed E-state index contributed by atoms with van der Waals surface area (Å²) in [5.41, 5.74) is 3.04. The van der Waals surface area contributed by atoms with Gasteiger partial charge in [-0.05, 0) is 29.8 Å². The van der Waals surface area contributed by atoms with Crippen molar-refractivity contribution in [3.8, 4) is 0 Å². The number of aromatic nitrogens is 1. The Morgan fingerprint density at radius 1 is 1.19 bits per heavy atom. The van der Waals surface area contributed by atoms with E-state index in [1.807, 2.05) is 32.9 Å². The number of fused-ring (bicyclic) bond motifs is 2. The van der Waals surface area contributed by atoms with E-state index in [1.54, 1.807) is 30.3 Å². The smallest absolute Gasteiger partial charge is 0.339 e. The SMILES string of the molecule is CC(C)(C)c1nc2cc(NC(=O)[C@@H]3Cc4ccccc4C(=O)O3)ccc2o1. The van der Waals surface area contributed by atoms with Gasteiger partial charge in [0.2, 0.25) is 5.89 Å². The third kappa shape index (κ3) is 3.30. The van der Waals surface area contributed by atoms with Gasteiger partial charge in [-0.25, -0.2) is 9.78 Å². The van der Waals surface area contributed by atoms with Gasteiger partial charge in [0.25, 0.3) is 5.91 Å². The summed E-state index contributed by atoms with van der Waals surface area (Å²) in [4.78, 5) is 29.2. The number of amides is 1. The number of hydrogen-bond donors (Lipinski definition) is 1. The summed E-state index contributed by atoms with van der Waals surface area (Å²) in [6, 6.07) is 12.4. The van der Waals surface area contributed by atoms with Crippen LogP contribution < -0.4 is 5.32 Å². The molecule has 1 aliphatic rings. The second kappa shape index (κ2) is 6.23. The van der Waals surface area contributed by atoms with Crippen LogP contribution in [-0.2, 0) is 21.4 Å². The summed E-state index contributed by atoms with van der Waals surface area (Å²) in [7, 11) is 0. The monoisotopic (exact) mass is 364 g/mol. The summed E-state index contributed by atoms with van der Waals surface area (Å²) in [5, 5.41) is 2.81. The van der Waals surface area contributed by atoms with Gasteiger partial charge < -0.3 is 14.5 Å². The zero-order valence-corrected chi connectivity index (χ0v) is 15.4. The lowest BCUT2D eigenvalue weighted by Crippen LogP contribution is -2.37. The Labute approximate surface area is 156 Å². The fourth-order valence-corrected chi connectivity index (χ4v) is 3.03. The molecule has 138 valence electrons. The quantitative estimate of drug-likeness (QED) is 0.699. The zero-order chi connectivity index (χ0) is 19.2. The molecule has 1 aliphatic heterocycles. The van der Waals surface area contributed by atoms with Crippen molar-refractivity contribution >= 4 is 28.7 Å². The van der Waals surface area contributed by atoms with Crippen LogP contribution in [0.1, 0.15) is 42.6 Å². The molecule has 1 atom stereocenters. The summed E-state index contributed by atoms with van der Waals surface area (Å²) in [6.45, 7) is 6.07. The average molecular weight is 364 g/mol. The van der Waals surface area contributed by atoms with E-state index >= 15 is 0 Å². The molecule has 6 heteroatoms. The normalized spacial score (nSPS) is 16.7. The van der Waals surface area contributed by atoms with Crippen molar-refractivity contribution in [1.82, 2.24) is 4.98 Å². The summed E-state index contributed by atoms with van der Waals surface area (Å²) >= 11 is 0. The molecule has 0 saturated heterocycles. The number of esters is 1. The lowest BCUT2D eigenvalue weighted by atomic mass is 9.97. The van der Waals surface area contributed by atoms with Crippen LogP contribution >= 0.6 is 0 Å². The molecule has 3 aromatic rings. The van der Waals surface area contributed by atoms with Gasteiger partial charge in [-0.3, -0.25) is 4.79 Å². The van der Waals surface area contributed by atoms with E-state index in [2.05, 4.69) is 10.3 Å². The van der Waals surface area contributed by atoms with Gasteiger partial charge in [-0.1, -0.05) is 39.0 Å². The number of nitrogens with one attached hydrogen (secondary N) is 1. The number of ether oxygens (including phenoxy) is 1. The predicted octanol–water partition coefficient (Wildman–Crippen LogP) is 3.85. The first-order valence-electron chi connectivity index (χ1n) is 8.82. The Morgan fingerprint density at radius 3 is 2.74 bits per heavy atom. The van der Waals surface area contributed by atoms with E-state index in [9.17, 15) is 9.59 Å². The first kappa shape index (κ1) is 17.3. The van der Waals surface area contributed by atoms with Crippen LogP contribution in [0, 0.1) is 0 Å². The van der Waals surface area contributed by atoms with Crippen molar-refractivity contribution in [2.75, 3.05) is 5.32 Å². The Bertz CT molecular complexity index is 1050. The van der Waals surface area contributed by atoms with E-state index in [0.29, 0.717) is 34.7 Å². The van der Waals surface area contributed by atoms with E-state index in [1.165, 1.54) is 0 Å². The highest BCUT2D eigenvalue weighted by atomic mass is 16.5. The minimum absolute atomic E-state index is 0.202. The zero-order valence-electron chi connectivity index (χ0n) is 15.4. The molecule has 0 radical (unpaired) electrons. The van der Waals surface area contributed by atoms with Crippen molar-refractivity contribution in [2.24, 2.45) is 0 Å². The van der Waals surface area contributed by atoms with Crippen LogP contribution in [0.15, 0.2) is 46.9 Å². The highest BCUT2D eigenvalue weighted by molar-refractivity contribution is 6.00. The Morgan fingerprint density at radius 2 is 1.96 bits per heavy atom. The Kier molecular flexibility index (Phi) is 3.98. The molecule has 0 saturated carbocycles. The van der Waals surface area contributed by atoms with Gasteiger partial charge in [0, 0.05) is 17.5 Å². The molecule has 0 fully saturated rings. The number of nitrogens with zero attached hydrogens (tertiary/aromatic N) is 1. The number of anilines is 1. The molecule has 0 unspecified atom stereocenters. The van der Waals surface area contributed by atoms with E-state index < -0.39 is 12.1 Å². The van der Waals surface area contributed by atoms with Crippen molar-refractivity contribution in [2.45, 2.75) is 38.7 Å². The van der Waals surface area contributed by atoms with Crippen molar-refractivity contribution in [1.29, 1.82) is 0 Å². The molecule has 1 aromatic heterocycles. The number of carbonyl (C=O) groups is 2. The highest BCUT2D eigenvalue weighted by Crippen LogP contribution is 2.28. The summed E-state index contributed by atoms with van der Waals surface area (Å²) in [6.07, 6.45) is -0.501. The molecular formula is C21H20N2O4. The van der Waals surface area contributed by atoms with Gasteiger partial charge >= 0.3 is 5.97 Å². The number of oxazole rings is 1. The fraction of sp³-hybridized carbons (Fsp3) is 0.286. The van der Waals surface area contributed by atoms with E-state index in [4.69, 9.17) is 9.15 Å². The predicted molar refractivity (Wildman–Crippen MR) is 101 cm³/mol. The van der Waals surface area contributed by atoms with Gasteiger partial charge in [-0.15, -0.1) is 0 Å². The van der Waals surface area contributed by atoms with Gasteiger partial charge in [-0.2, -0.15) is 0 Å². The van der Waals surface area contributed by atoms with Crippen molar-refractivity contribution in [3.63, 3.8) is 0 Å². The van der Waals surface area contributed by atoms with Crippen molar-refractivity contribution < 1.29 is 18.7 Å². The van der Waals surface area contributed by atoms with Gasteiger partial charge in [0.1, 0.15) is 5.52 Å². The van der Waals surface area contributed by atoms with Crippen LogP contribution in [0.5, 0.6) is 0 Å². The summed E-state index contributed by atoms with van der Waals surface area (Å²) in [5.74, 6) is -0.200. The van der Waals surface area contributed by atoms with Gasteiger partial charge in [0.15, 0.2) is 11.7 Å².